The third-order valence-electron chi connectivity index (χ3n) is 7.05. The summed E-state index contributed by atoms with van der Waals surface area (Å²) in [5.74, 6) is 1.68. The maximum absolute atomic E-state index is 9.12. The van der Waals surface area contributed by atoms with Crippen LogP contribution in [0, 0.1) is 17.2 Å². The van der Waals surface area contributed by atoms with E-state index in [0.717, 1.165) is 54.7 Å². The second kappa shape index (κ2) is 8.19. The molecule has 2 aliphatic heterocycles. The molecule has 1 atom stereocenters. The topological polar surface area (TPSA) is 53.0 Å². The van der Waals surface area contributed by atoms with Crippen LogP contribution in [0.15, 0.2) is 67.1 Å². The number of benzene rings is 2. The van der Waals surface area contributed by atoms with Gasteiger partial charge in [-0.1, -0.05) is 12.1 Å². The lowest BCUT2D eigenvalue weighted by Gasteiger charge is -2.22. The summed E-state index contributed by atoms with van der Waals surface area (Å²) in [7, 11) is 4.32. The first-order valence-corrected chi connectivity index (χ1v) is 11.9. The van der Waals surface area contributed by atoms with E-state index >= 15 is 0 Å². The number of hydrogen-bond donors (Lipinski definition) is 0. The predicted octanol–water partition coefficient (Wildman–Crippen LogP) is 4.63. The Balaban J connectivity index is 1.36. The van der Waals surface area contributed by atoms with Gasteiger partial charge in [-0.15, -0.1) is 0 Å². The van der Waals surface area contributed by atoms with Crippen molar-refractivity contribution < 1.29 is 0 Å². The van der Waals surface area contributed by atoms with Gasteiger partial charge in [0.1, 0.15) is 0 Å². The van der Waals surface area contributed by atoms with E-state index in [4.69, 9.17) is 10.2 Å². The zero-order valence-corrected chi connectivity index (χ0v) is 19.6. The number of rotatable bonds is 4. The summed E-state index contributed by atoms with van der Waals surface area (Å²) in [6.45, 7) is 4.17. The Morgan fingerprint density at radius 1 is 1.09 bits per heavy atom. The molecule has 1 fully saturated rings. The average molecular weight is 449 g/mol. The summed E-state index contributed by atoms with van der Waals surface area (Å²) in [6, 6.07) is 19.1. The first-order chi connectivity index (χ1) is 16.6. The molecular formula is C28H28N6. The molecule has 34 heavy (non-hydrogen) atoms. The van der Waals surface area contributed by atoms with Gasteiger partial charge in [0.25, 0.3) is 0 Å². The van der Waals surface area contributed by atoms with E-state index in [1.54, 1.807) is 0 Å². The zero-order valence-electron chi connectivity index (χ0n) is 19.6. The maximum atomic E-state index is 9.12. The minimum absolute atomic E-state index is 0.677. The summed E-state index contributed by atoms with van der Waals surface area (Å²) in [5, 5.41) is 9.12. The van der Waals surface area contributed by atoms with Gasteiger partial charge in [-0.3, -0.25) is 4.57 Å². The van der Waals surface area contributed by atoms with Crippen LogP contribution in [0.2, 0.25) is 0 Å². The van der Waals surface area contributed by atoms with Crippen molar-refractivity contribution in [1.29, 1.82) is 5.26 Å². The number of imidazole rings is 1. The third kappa shape index (κ3) is 3.59. The first kappa shape index (κ1) is 20.8. The molecule has 6 rings (SSSR count). The fourth-order valence-electron chi connectivity index (χ4n) is 5.46. The molecule has 0 N–H and O–H groups in total. The molecule has 1 unspecified atom stereocenters. The minimum atomic E-state index is 0.677. The highest BCUT2D eigenvalue weighted by atomic mass is 15.2. The normalized spacial score (nSPS) is 16.6. The van der Waals surface area contributed by atoms with Crippen LogP contribution in [0.1, 0.15) is 17.5 Å². The molecule has 4 aromatic rings. The van der Waals surface area contributed by atoms with E-state index in [0.29, 0.717) is 5.56 Å². The van der Waals surface area contributed by atoms with Crippen molar-refractivity contribution in [1.82, 2.24) is 19.0 Å². The van der Waals surface area contributed by atoms with Crippen LogP contribution in [0.4, 0.5) is 5.69 Å². The number of aromatic nitrogens is 3. The van der Waals surface area contributed by atoms with Crippen molar-refractivity contribution in [2.24, 2.45) is 5.92 Å². The molecule has 4 heterocycles. The van der Waals surface area contributed by atoms with Crippen LogP contribution in [0.3, 0.4) is 0 Å². The lowest BCUT2D eigenvalue weighted by atomic mass is 10.1. The van der Waals surface area contributed by atoms with Crippen LogP contribution < -0.4 is 4.90 Å². The Hall–Kier alpha value is -3.82. The van der Waals surface area contributed by atoms with Crippen LogP contribution in [0.5, 0.6) is 0 Å². The van der Waals surface area contributed by atoms with E-state index in [9.17, 15) is 0 Å². The smallest absolute Gasteiger partial charge is 0.161 e. The van der Waals surface area contributed by atoms with Gasteiger partial charge in [-0.25, -0.2) is 4.98 Å². The molecule has 0 aliphatic carbocycles. The number of nitrogens with zero attached hydrogens (tertiary/aromatic N) is 6. The largest absolute Gasteiger partial charge is 0.371 e. The van der Waals surface area contributed by atoms with Gasteiger partial charge in [-0.2, -0.15) is 5.26 Å². The Bertz CT molecular complexity index is 1390. The highest BCUT2D eigenvalue weighted by Gasteiger charge is 2.25. The molecule has 0 radical (unpaired) electrons. The quantitative estimate of drug-likeness (QED) is 0.402. The van der Waals surface area contributed by atoms with E-state index in [2.05, 4.69) is 75.8 Å². The molecule has 0 spiro atoms. The van der Waals surface area contributed by atoms with Gasteiger partial charge in [-0.05, 0) is 74.0 Å². The average Bonchev–Trinajstić information content (AvgIpc) is 3.57. The van der Waals surface area contributed by atoms with Gasteiger partial charge in [0.2, 0.25) is 0 Å². The Morgan fingerprint density at radius 2 is 1.94 bits per heavy atom. The Labute approximate surface area is 200 Å². The monoisotopic (exact) mass is 448 g/mol. The van der Waals surface area contributed by atoms with E-state index < -0.39 is 0 Å². The molecule has 2 aromatic heterocycles. The Kier molecular flexibility index (Phi) is 5.00. The summed E-state index contributed by atoms with van der Waals surface area (Å²) in [5.41, 5.74) is 7.84. The molecule has 1 saturated heterocycles. The SMILES string of the molecule is CN(C)CC1CCN(c2ccc3c(c2)Cn2cc(-c4ccc(C#N)cc4)cc2-c2nccn2-3)C1. The number of fused-ring (bicyclic) bond motifs is 5. The van der Waals surface area contributed by atoms with Gasteiger partial charge in [0, 0.05) is 56.0 Å². The van der Waals surface area contributed by atoms with Gasteiger partial charge in [0.15, 0.2) is 5.82 Å². The number of nitriles is 1. The van der Waals surface area contributed by atoms with Crippen molar-refractivity contribution in [2.75, 3.05) is 38.6 Å². The van der Waals surface area contributed by atoms with E-state index in [-0.39, 0.29) is 0 Å². The second-order valence-corrected chi connectivity index (χ2v) is 9.73. The number of hydrogen-bond acceptors (Lipinski definition) is 4. The summed E-state index contributed by atoms with van der Waals surface area (Å²) in [6.07, 6.45) is 7.39. The molecule has 2 aliphatic rings. The molecule has 0 amide bonds. The molecule has 6 heteroatoms. The maximum Gasteiger partial charge on any atom is 0.161 e. The lowest BCUT2D eigenvalue weighted by molar-refractivity contribution is 0.340. The molecular weight excluding hydrogens is 420 g/mol. The fraction of sp³-hybridized carbons (Fsp3) is 0.286. The number of anilines is 1. The highest BCUT2D eigenvalue weighted by molar-refractivity contribution is 5.72. The zero-order chi connectivity index (χ0) is 23.2. The molecule has 0 saturated carbocycles. The molecule has 0 bridgehead atoms. The van der Waals surface area contributed by atoms with Crippen molar-refractivity contribution in [3.63, 3.8) is 0 Å². The highest BCUT2D eigenvalue weighted by Crippen LogP contribution is 2.36. The summed E-state index contributed by atoms with van der Waals surface area (Å²) < 4.78 is 4.51. The molecule has 2 aromatic carbocycles. The van der Waals surface area contributed by atoms with Crippen molar-refractivity contribution in [3.05, 3.63) is 78.2 Å². The first-order valence-electron chi connectivity index (χ1n) is 11.9. The predicted molar refractivity (Wildman–Crippen MR) is 135 cm³/mol. The second-order valence-electron chi connectivity index (χ2n) is 9.73. The Morgan fingerprint density at radius 3 is 2.74 bits per heavy atom. The standard InChI is InChI=1S/C28H28N6/c1-31(2)16-21-9-11-32(17-21)25-7-8-26-24(13-25)19-33-18-23(22-5-3-20(15-29)4-6-22)14-27(33)28-30-10-12-34(26)28/h3-8,10,12-14,18,21H,9,11,16-17,19H2,1-2H3. The summed E-state index contributed by atoms with van der Waals surface area (Å²) >= 11 is 0. The van der Waals surface area contributed by atoms with Crippen LogP contribution in [-0.2, 0) is 6.54 Å². The third-order valence-corrected chi connectivity index (χ3v) is 7.05. The molecule has 170 valence electrons. The van der Waals surface area contributed by atoms with Crippen LogP contribution in [0.25, 0.3) is 28.3 Å². The van der Waals surface area contributed by atoms with Crippen LogP contribution >= 0.6 is 0 Å². The van der Waals surface area contributed by atoms with Crippen molar-refractivity contribution >= 4 is 5.69 Å². The van der Waals surface area contributed by atoms with Gasteiger partial charge < -0.3 is 14.4 Å². The van der Waals surface area contributed by atoms with Crippen LogP contribution in [-0.4, -0.2) is 52.7 Å². The van der Waals surface area contributed by atoms with E-state index in [1.165, 1.54) is 23.4 Å². The van der Waals surface area contributed by atoms with Crippen molar-refractivity contribution in [2.45, 2.75) is 13.0 Å². The minimum Gasteiger partial charge on any atom is -0.371 e. The fourth-order valence-corrected chi connectivity index (χ4v) is 5.46. The van der Waals surface area contributed by atoms with Gasteiger partial charge >= 0.3 is 0 Å². The van der Waals surface area contributed by atoms with Gasteiger partial charge in [0.05, 0.1) is 23.0 Å². The summed E-state index contributed by atoms with van der Waals surface area (Å²) in [4.78, 5) is 9.54. The molecule has 6 nitrogen and oxygen atoms in total. The van der Waals surface area contributed by atoms with E-state index in [1.807, 2.05) is 30.5 Å². The van der Waals surface area contributed by atoms with Crippen molar-refractivity contribution in [3.8, 4) is 34.4 Å². The lowest BCUT2D eigenvalue weighted by Crippen LogP contribution is -2.25.